The van der Waals surface area contributed by atoms with Crippen LogP contribution in [0.25, 0.3) is 0 Å². The van der Waals surface area contributed by atoms with E-state index >= 15 is 0 Å². The Morgan fingerprint density at radius 3 is 2.27 bits per heavy atom. The second kappa shape index (κ2) is 4.28. The number of rotatable bonds is 2. The fourth-order valence-electron chi connectivity index (χ4n) is 0.358. The number of hydrogen-bond donors (Lipinski definition) is 0. The maximum absolute atomic E-state index is 5.37. The van der Waals surface area contributed by atoms with Crippen molar-refractivity contribution in [3.63, 3.8) is 0 Å². The van der Waals surface area contributed by atoms with Gasteiger partial charge in [-0.15, -0.1) is 0 Å². The van der Waals surface area contributed by atoms with Gasteiger partial charge in [-0.25, -0.2) is 0 Å². The SMILES string of the molecule is CCC#COC(C)(C)C(C)C. The standard InChI is InChI=1S/C10H18O/c1-6-7-8-11-10(4,5)9(2)3/h9H,6H2,1-5H3. The van der Waals surface area contributed by atoms with E-state index in [-0.39, 0.29) is 5.60 Å². The van der Waals surface area contributed by atoms with Crippen LogP contribution in [0.2, 0.25) is 0 Å². The largest absolute Gasteiger partial charge is 0.440 e. The molecule has 0 radical (unpaired) electrons. The fourth-order valence-corrected chi connectivity index (χ4v) is 0.358. The van der Waals surface area contributed by atoms with Crippen LogP contribution in [0.4, 0.5) is 0 Å². The van der Waals surface area contributed by atoms with Crippen LogP contribution in [0.5, 0.6) is 0 Å². The molecular formula is C10H18O. The van der Waals surface area contributed by atoms with Gasteiger partial charge in [-0.1, -0.05) is 26.7 Å². The molecule has 0 aliphatic rings. The molecule has 0 saturated carbocycles. The number of hydrogen-bond acceptors (Lipinski definition) is 1. The van der Waals surface area contributed by atoms with Crippen LogP contribution in [0, 0.1) is 17.9 Å². The van der Waals surface area contributed by atoms with Crippen molar-refractivity contribution in [3.05, 3.63) is 0 Å². The highest BCUT2D eigenvalue weighted by molar-refractivity contribution is 4.92. The van der Waals surface area contributed by atoms with Crippen LogP contribution < -0.4 is 0 Å². The molecule has 11 heavy (non-hydrogen) atoms. The molecule has 0 aromatic heterocycles. The summed E-state index contributed by atoms with van der Waals surface area (Å²) in [5, 5.41) is 0. The molecule has 0 unspecified atom stereocenters. The molecule has 0 aromatic rings. The first-order valence-electron chi connectivity index (χ1n) is 4.16. The first-order valence-corrected chi connectivity index (χ1v) is 4.16. The first-order chi connectivity index (χ1) is 5.00. The summed E-state index contributed by atoms with van der Waals surface area (Å²) in [5.74, 6) is 3.38. The van der Waals surface area contributed by atoms with E-state index in [0.29, 0.717) is 5.92 Å². The first kappa shape index (κ1) is 10.4. The fraction of sp³-hybridized carbons (Fsp3) is 0.800. The summed E-state index contributed by atoms with van der Waals surface area (Å²) >= 11 is 0. The molecule has 0 fully saturated rings. The minimum Gasteiger partial charge on any atom is -0.440 e. The summed E-state index contributed by atoms with van der Waals surface area (Å²) in [6.45, 7) is 10.4. The molecule has 0 atom stereocenters. The van der Waals surface area contributed by atoms with Crippen molar-refractivity contribution in [1.82, 2.24) is 0 Å². The molecule has 0 N–H and O–H groups in total. The molecule has 0 bridgehead atoms. The van der Waals surface area contributed by atoms with Gasteiger partial charge in [0.1, 0.15) is 11.7 Å². The van der Waals surface area contributed by atoms with E-state index in [1.54, 1.807) is 0 Å². The van der Waals surface area contributed by atoms with Crippen LogP contribution >= 0.6 is 0 Å². The Hall–Kier alpha value is -0.640. The van der Waals surface area contributed by atoms with E-state index in [9.17, 15) is 0 Å². The second-order valence-corrected chi connectivity index (χ2v) is 3.49. The van der Waals surface area contributed by atoms with Crippen molar-refractivity contribution in [1.29, 1.82) is 0 Å². The third-order valence-corrected chi connectivity index (χ3v) is 1.95. The van der Waals surface area contributed by atoms with Crippen molar-refractivity contribution >= 4 is 0 Å². The molecule has 1 heteroatoms. The predicted octanol–water partition coefficient (Wildman–Crippen LogP) is 2.81. The Balaban J connectivity index is 3.92. The van der Waals surface area contributed by atoms with Gasteiger partial charge in [0, 0.05) is 6.42 Å². The van der Waals surface area contributed by atoms with E-state index in [0.717, 1.165) is 6.42 Å². The maximum Gasteiger partial charge on any atom is 0.117 e. The molecule has 1 nitrogen and oxygen atoms in total. The zero-order valence-corrected chi connectivity index (χ0v) is 8.19. The summed E-state index contributed by atoms with van der Waals surface area (Å²) < 4.78 is 5.37. The summed E-state index contributed by atoms with van der Waals surface area (Å²) in [7, 11) is 0. The van der Waals surface area contributed by atoms with Gasteiger partial charge in [-0.3, -0.25) is 0 Å². The van der Waals surface area contributed by atoms with Gasteiger partial charge >= 0.3 is 0 Å². The third kappa shape index (κ3) is 3.93. The van der Waals surface area contributed by atoms with Gasteiger partial charge in [0.15, 0.2) is 0 Å². The lowest BCUT2D eigenvalue weighted by Crippen LogP contribution is -2.28. The molecule has 0 saturated heterocycles. The topological polar surface area (TPSA) is 9.23 Å². The summed E-state index contributed by atoms with van der Waals surface area (Å²) in [4.78, 5) is 0. The van der Waals surface area contributed by atoms with E-state index in [4.69, 9.17) is 4.74 Å². The summed E-state index contributed by atoms with van der Waals surface area (Å²) in [5.41, 5.74) is -0.123. The monoisotopic (exact) mass is 154 g/mol. The normalized spacial score (nSPS) is 10.7. The van der Waals surface area contributed by atoms with Crippen molar-refractivity contribution in [2.45, 2.75) is 46.6 Å². The van der Waals surface area contributed by atoms with E-state index < -0.39 is 0 Å². The van der Waals surface area contributed by atoms with Crippen molar-refractivity contribution < 1.29 is 4.74 Å². The molecule has 0 aliphatic carbocycles. The van der Waals surface area contributed by atoms with E-state index in [1.165, 1.54) is 0 Å². The Morgan fingerprint density at radius 1 is 1.36 bits per heavy atom. The number of ether oxygens (including phenoxy) is 1. The highest BCUT2D eigenvalue weighted by Gasteiger charge is 2.22. The second-order valence-electron chi connectivity index (χ2n) is 3.49. The average Bonchev–Trinajstić information content (AvgIpc) is 1.88. The van der Waals surface area contributed by atoms with Crippen molar-refractivity contribution in [2.24, 2.45) is 5.92 Å². The van der Waals surface area contributed by atoms with Gasteiger partial charge in [0.05, 0.1) is 0 Å². The van der Waals surface area contributed by atoms with Crippen LogP contribution in [0.15, 0.2) is 0 Å². The Labute approximate surface area is 70.1 Å². The van der Waals surface area contributed by atoms with Gasteiger partial charge in [0.25, 0.3) is 0 Å². The Bertz CT molecular complexity index is 157. The minimum absolute atomic E-state index is 0.123. The van der Waals surface area contributed by atoms with Crippen LogP contribution in [0.1, 0.15) is 41.0 Å². The Kier molecular flexibility index (Phi) is 4.03. The Morgan fingerprint density at radius 2 is 1.91 bits per heavy atom. The predicted molar refractivity (Wildman–Crippen MR) is 48.1 cm³/mol. The minimum atomic E-state index is -0.123. The quantitative estimate of drug-likeness (QED) is 0.556. The van der Waals surface area contributed by atoms with Gasteiger partial charge in [-0.05, 0) is 19.8 Å². The third-order valence-electron chi connectivity index (χ3n) is 1.95. The lowest BCUT2D eigenvalue weighted by atomic mass is 9.95. The molecular weight excluding hydrogens is 136 g/mol. The average molecular weight is 154 g/mol. The van der Waals surface area contributed by atoms with Gasteiger partial charge in [0.2, 0.25) is 0 Å². The van der Waals surface area contributed by atoms with E-state index in [2.05, 4.69) is 39.7 Å². The van der Waals surface area contributed by atoms with Crippen molar-refractivity contribution in [3.8, 4) is 12.0 Å². The van der Waals surface area contributed by atoms with Crippen LogP contribution in [-0.2, 0) is 4.74 Å². The maximum atomic E-state index is 5.37. The molecule has 0 aliphatic heterocycles. The molecule has 0 heterocycles. The smallest absolute Gasteiger partial charge is 0.117 e. The lowest BCUT2D eigenvalue weighted by molar-refractivity contribution is 0.0305. The van der Waals surface area contributed by atoms with E-state index in [1.807, 2.05) is 6.92 Å². The molecule has 0 spiro atoms. The zero-order valence-electron chi connectivity index (χ0n) is 8.19. The zero-order chi connectivity index (χ0) is 8.91. The highest BCUT2D eigenvalue weighted by atomic mass is 16.5. The lowest BCUT2D eigenvalue weighted by Gasteiger charge is -2.26. The van der Waals surface area contributed by atoms with Gasteiger partial charge in [-0.2, -0.15) is 0 Å². The molecule has 0 aromatic carbocycles. The highest BCUT2D eigenvalue weighted by Crippen LogP contribution is 2.19. The summed E-state index contributed by atoms with van der Waals surface area (Å²) in [6.07, 6.45) is 3.56. The van der Waals surface area contributed by atoms with Gasteiger partial charge < -0.3 is 4.74 Å². The molecule has 64 valence electrons. The summed E-state index contributed by atoms with van der Waals surface area (Å²) in [6, 6.07) is 0. The van der Waals surface area contributed by atoms with Crippen LogP contribution in [0.3, 0.4) is 0 Å². The van der Waals surface area contributed by atoms with Crippen molar-refractivity contribution in [2.75, 3.05) is 0 Å². The molecule has 0 rings (SSSR count). The van der Waals surface area contributed by atoms with Crippen LogP contribution in [-0.4, -0.2) is 5.60 Å². The molecule has 0 amide bonds.